The second-order valence-electron chi connectivity index (χ2n) is 3.39. The summed E-state index contributed by atoms with van der Waals surface area (Å²) in [6.07, 6.45) is 1.86. The molecular weight excluding hydrogens is 310 g/mol. The Labute approximate surface area is 121 Å². The van der Waals surface area contributed by atoms with Crippen LogP contribution in [0.5, 0.6) is 0 Å². The van der Waals surface area contributed by atoms with E-state index in [1.165, 1.54) is 18.9 Å². The maximum Gasteiger partial charge on any atom is 0.271 e. The van der Waals surface area contributed by atoms with Crippen molar-refractivity contribution in [2.24, 2.45) is 5.14 Å². The zero-order chi connectivity index (χ0) is 14.5. The summed E-state index contributed by atoms with van der Waals surface area (Å²) in [5.41, 5.74) is 0. The molecule has 1 aromatic heterocycles. The highest BCUT2D eigenvalue weighted by Gasteiger charge is 2.17. The van der Waals surface area contributed by atoms with Gasteiger partial charge >= 0.3 is 0 Å². The van der Waals surface area contributed by atoms with E-state index in [1.807, 2.05) is 13.2 Å². The van der Waals surface area contributed by atoms with Crippen molar-refractivity contribution in [2.75, 3.05) is 20.0 Å². The lowest BCUT2D eigenvalue weighted by Gasteiger charge is -2.15. The van der Waals surface area contributed by atoms with Crippen LogP contribution in [0.3, 0.4) is 0 Å². The zero-order valence-electron chi connectivity index (χ0n) is 10.9. The quantitative estimate of drug-likeness (QED) is 0.576. The number of thiophene rings is 1. The largest absolute Gasteiger partial charge is 0.333 e. The van der Waals surface area contributed by atoms with Crippen molar-refractivity contribution in [1.82, 2.24) is 0 Å². The fourth-order valence-electron chi connectivity index (χ4n) is 1.27. The minimum absolute atomic E-state index is 0.126. The zero-order valence-corrected chi connectivity index (χ0v) is 13.4. The molecule has 0 aromatic carbocycles. The maximum absolute atomic E-state index is 11.3. The first-order valence-corrected chi connectivity index (χ1v) is 8.96. The van der Waals surface area contributed by atoms with Gasteiger partial charge in [-0.05, 0) is 19.2 Å². The first-order chi connectivity index (χ1) is 8.92. The van der Waals surface area contributed by atoms with Crippen LogP contribution in [-0.4, -0.2) is 34.9 Å². The topological polar surface area (TPSA) is 87.8 Å². The first-order valence-electron chi connectivity index (χ1n) is 5.37. The van der Waals surface area contributed by atoms with Gasteiger partial charge < -0.3 is 14.2 Å². The van der Waals surface area contributed by atoms with Gasteiger partial charge in [0.1, 0.15) is 4.21 Å². The van der Waals surface area contributed by atoms with Gasteiger partial charge in [-0.25, -0.2) is 13.6 Å². The molecule has 9 heteroatoms. The van der Waals surface area contributed by atoms with E-state index in [4.69, 9.17) is 19.3 Å². The van der Waals surface area contributed by atoms with E-state index < -0.39 is 16.5 Å². The van der Waals surface area contributed by atoms with Crippen LogP contribution in [0.1, 0.15) is 11.8 Å². The summed E-state index contributed by atoms with van der Waals surface area (Å²) in [4.78, 5) is 1.60. The van der Waals surface area contributed by atoms with Crippen molar-refractivity contribution < 1.29 is 22.6 Å². The van der Waals surface area contributed by atoms with Crippen molar-refractivity contribution in [3.05, 3.63) is 10.9 Å². The van der Waals surface area contributed by atoms with E-state index in [2.05, 4.69) is 0 Å². The molecular formula is C10H17NO5S3. The van der Waals surface area contributed by atoms with Crippen LogP contribution in [-0.2, 0) is 30.8 Å². The lowest BCUT2D eigenvalue weighted by Crippen LogP contribution is -2.18. The Morgan fingerprint density at radius 3 is 2.63 bits per heavy atom. The molecule has 0 saturated heterocycles. The molecule has 1 heterocycles. The number of ether oxygens (including phenoxy) is 3. The molecule has 1 atom stereocenters. The SMILES string of the molecule is CCOC(OC)OCc1sc(S(N)(=O)=O)cc1SC. The van der Waals surface area contributed by atoms with Crippen LogP contribution >= 0.6 is 23.1 Å². The van der Waals surface area contributed by atoms with E-state index in [0.717, 1.165) is 21.1 Å². The highest BCUT2D eigenvalue weighted by molar-refractivity contribution is 7.99. The van der Waals surface area contributed by atoms with Gasteiger partial charge in [0.25, 0.3) is 6.48 Å². The molecule has 0 radical (unpaired) electrons. The fourth-order valence-corrected chi connectivity index (χ4v) is 4.07. The molecule has 0 aliphatic carbocycles. The summed E-state index contributed by atoms with van der Waals surface area (Å²) in [5.74, 6) is 0. The number of nitrogens with two attached hydrogens (primary N) is 1. The van der Waals surface area contributed by atoms with Crippen molar-refractivity contribution in [1.29, 1.82) is 0 Å². The monoisotopic (exact) mass is 327 g/mol. The molecule has 0 amide bonds. The Hall–Kier alpha value is -0.160. The Bertz CT molecular complexity index is 499. The molecule has 1 rings (SSSR count). The van der Waals surface area contributed by atoms with E-state index in [9.17, 15) is 8.42 Å². The number of thioether (sulfide) groups is 1. The number of sulfonamides is 1. The summed E-state index contributed by atoms with van der Waals surface area (Å²) in [5, 5.41) is 5.11. The van der Waals surface area contributed by atoms with Crippen molar-refractivity contribution in [2.45, 2.75) is 29.1 Å². The Balaban J connectivity index is 2.80. The minimum atomic E-state index is -3.68. The van der Waals surface area contributed by atoms with Gasteiger partial charge in [-0.1, -0.05) is 0 Å². The molecule has 0 aliphatic rings. The lowest BCUT2D eigenvalue weighted by molar-refractivity contribution is -0.280. The molecule has 110 valence electrons. The third kappa shape index (κ3) is 5.03. The van der Waals surface area contributed by atoms with Gasteiger partial charge in [-0.2, -0.15) is 0 Å². The normalized spacial score (nSPS) is 13.7. The lowest BCUT2D eigenvalue weighted by atomic mass is 10.5. The molecule has 1 aromatic rings. The van der Waals surface area contributed by atoms with E-state index in [0.29, 0.717) is 6.61 Å². The van der Waals surface area contributed by atoms with Crippen LogP contribution in [0.4, 0.5) is 0 Å². The van der Waals surface area contributed by atoms with Gasteiger partial charge in [-0.15, -0.1) is 23.1 Å². The van der Waals surface area contributed by atoms with Crippen LogP contribution < -0.4 is 5.14 Å². The molecule has 0 spiro atoms. The highest BCUT2D eigenvalue weighted by Crippen LogP contribution is 2.32. The van der Waals surface area contributed by atoms with E-state index in [-0.39, 0.29) is 10.8 Å². The van der Waals surface area contributed by atoms with Gasteiger partial charge in [0.15, 0.2) is 0 Å². The standard InChI is InChI=1S/C10H17NO5S3/c1-4-15-10(14-2)16-6-8-7(17-3)5-9(18-8)19(11,12)13/h5,10H,4,6H2,1-3H3,(H2,11,12,13). The number of methoxy groups -OCH3 is 1. The summed E-state index contributed by atoms with van der Waals surface area (Å²) in [6.45, 7) is 1.72. The molecule has 0 saturated carbocycles. The molecule has 2 N–H and O–H groups in total. The van der Waals surface area contributed by atoms with Crippen LogP contribution in [0.25, 0.3) is 0 Å². The highest BCUT2D eigenvalue weighted by atomic mass is 32.2. The third-order valence-corrected chi connectivity index (χ3v) is 5.56. The average Bonchev–Trinajstić information content (AvgIpc) is 2.77. The smallest absolute Gasteiger partial charge is 0.271 e. The predicted molar refractivity (Wildman–Crippen MR) is 74.7 cm³/mol. The third-order valence-electron chi connectivity index (χ3n) is 2.09. The number of primary sulfonamides is 1. The molecule has 0 aliphatic heterocycles. The van der Waals surface area contributed by atoms with Gasteiger partial charge in [0, 0.05) is 23.5 Å². The predicted octanol–water partition coefficient (Wildman–Crippen LogP) is 1.60. The Morgan fingerprint density at radius 1 is 1.47 bits per heavy atom. The van der Waals surface area contributed by atoms with Crippen molar-refractivity contribution in [3.63, 3.8) is 0 Å². The number of hydrogen-bond donors (Lipinski definition) is 1. The first kappa shape index (κ1) is 16.9. The van der Waals surface area contributed by atoms with Gasteiger partial charge in [0.05, 0.1) is 6.61 Å². The molecule has 0 fully saturated rings. The Morgan fingerprint density at radius 2 is 2.16 bits per heavy atom. The summed E-state index contributed by atoms with van der Waals surface area (Å²) in [7, 11) is -2.21. The van der Waals surface area contributed by atoms with E-state index >= 15 is 0 Å². The molecule has 1 unspecified atom stereocenters. The summed E-state index contributed by atoms with van der Waals surface area (Å²) < 4.78 is 38.3. The second-order valence-corrected chi connectivity index (χ2v) is 7.17. The van der Waals surface area contributed by atoms with Crippen LogP contribution in [0.15, 0.2) is 15.2 Å². The summed E-state index contributed by atoms with van der Waals surface area (Å²) in [6, 6.07) is 1.55. The molecule has 19 heavy (non-hydrogen) atoms. The average molecular weight is 327 g/mol. The number of rotatable bonds is 8. The van der Waals surface area contributed by atoms with Crippen molar-refractivity contribution >= 4 is 33.1 Å². The summed E-state index contributed by atoms with van der Waals surface area (Å²) >= 11 is 2.53. The number of hydrogen-bond acceptors (Lipinski definition) is 7. The van der Waals surface area contributed by atoms with Crippen LogP contribution in [0, 0.1) is 0 Å². The second kappa shape index (κ2) is 7.58. The van der Waals surface area contributed by atoms with Crippen LogP contribution in [0.2, 0.25) is 0 Å². The maximum atomic E-state index is 11.3. The van der Waals surface area contributed by atoms with Gasteiger partial charge in [-0.3, -0.25) is 0 Å². The molecule has 6 nitrogen and oxygen atoms in total. The fraction of sp³-hybridized carbons (Fsp3) is 0.600. The molecule has 0 bridgehead atoms. The van der Waals surface area contributed by atoms with Gasteiger partial charge in [0.2, 0.25) is 10.0 Å². The minimum Gasteiger partial charge on any atom is -0.333 e. The Kier molecular flexibility index (Phi) is 6.74. The van der Waals surface area contributed by atoms with Crippen molar-refractivity contribution in [3.8, 4) is 0 Å². The van der Waals surface area contributed by atoms with E-state index in [1.54, 1.807) is 6.07 Å².